The Balaban J connectivity index is 2.45. The maximum absolute atomic E-state index is 11.6. The van der Waals surface area contributed by atoms with Crippen molar-refractivity contribution in [3.8, 4) is 0 Å². The van der Waals surface area contributed by atoms with E-state index in [1.165, 1.54) is 16.7 Å². The van der Waals surface area contributed by atoms with Gasteiger partial charge in [-0.1, -0.05) is 29.8 Å². The van der Waals surface area contributed by atoms with Crippen LogP contribution in [0.25, 0.3) is 0 Å². The molecular weight excluding hydrogens is 288 g/mol. The topological polar surface area (TPSA) is 37.3 Å². The van der Waals surface area contributed by atoms with E-state index in [4.69, 9.17) is 0 Å². The molecule has 2 rings (SSSR count). The maximum atomic E-state index is 11.6. The summed E-state index contributed by atoms with van der Waals surface area (Å²) in [6.07, 6.45) is 0.748. The lowest BCUT2D eigenvalue weighted by molar-refractivity contribution is 0.561. The van der Waals surface area contributed by atoms with Gasteiger partial charge in [0, 0.05) is 11.2 Å². The van der Waals surface area contributed by atoms with Crippen LogP contribution >= 0.6 is 0 Å². The van der Waals surface area contributed by atoms with E-state index in [2.05, 4.69) is 43.2 Å². The highest BCUT2D eigenvalue weighted by atomic mass is 32.8. The van der Waals surface area contributed by atoms with E-state index in [0.717, 1.165) is 17.5 Å². The zero-order chi connectivity index (χ0) is 14.9. The molecule has 1 atom stereocenters. The zero-order valence-electron chi connectivity index (χ0n) is 11.8. The zero-order valence-corrected chi connectivity index (χ0v) is 13.5. The third kappa shape index (κ3) is 3.45. The van der Waals surface area contributed by atoms with E-state index in [-0.39, 0.29) is 0 Å². The van der Waals surface area contributed by atoms with Gasteiger partial charge in [0.2, 0.25) is 0 Å². The Hall–Kier alpha value is -1.23. The molecular formula is C16H18O2S2. The molecule has 2 aromatic carbocycles. The molecule has 0 bridgehead atoms. The minimum Gasteiger partial charge on any atom is -0.302 e. The average molecular weight is 306 g/mol. The number of hydrogen-bond donors (Lipinski definition) is 1. The summed E-state index contributed by atoms with van der Waals surface area (Å²) in [7, 11) is -3.32. The van der Waals surface area contributed by atoms with Gasteiger partial charge in [0.1, 0.15) is 0 Å². The first-order valence-electron chi connectivity index (χ1n) is 6.40. The quantitative estimate of drug-likeness (QED) is 0.937. The second-order valence-corrected chi connectivity index (χ2v) is 7.95. The first-order valence-corrected chi connectivity index (χ1v) is 8.84. The van der Waals surface area contributed by atoms with Crippen LogP contribution in [0.4, 0.5) is 0 Å². The summed E-state index contributed by atoms with van der Waals surface area (Å²) in [5, 5.41) is 0. The SMILES string of the molecule is Cc1ccc(C)c(Cc2cc(S(=O)(O)=S)ccc2C)c1. The van der Waals surface area contributed by atoms with Crippen LogP contribution in [-0.4, -0.2) is 8.76 Å². The van der Waals surface area contributed by atoms with Gasteiger partial charge in [0.25, 0.3) is 0 Å². The minimum atomic E-state index is -3.32. The molecule has 0 aromatic heterocycles. The van der Waals surface area contributed by atoms with Crippen LogP contribution in [-0.2, 0) is 26.4 Å². The van der Waals surface area contributed by atoms with E-state index >= 15 is 0 Å². The van der Waals surface area contributed by atoms with Gasteiger partial charge in [0.15, 0.2) is 8.77 Å². The molecule has 0 aliphatic rings. The predicted molar refractivity (Wildman–Crippen MR) is 86.3 cm³/mol. The standard InChI is InChI=1S/C16H18O2S2/c1-11-4-5-12(2)14(8-11)9-15-10-16(20(17,18)19)7-6-13(15)3/h4-8,10H,9H2,1-3H3,(H,17,18,19). The molecule has 0 saturated heterocycles. The van der Waals surface area contributed by atoms with Gasteiger partial charge in [-0.25, -0.2) is 4.21 Å². The lowest BCUT2D eigenvalue weighted by atomic mass is 9.96. The van der Waals surface area contributed by atoms with Gasteiger partial charge in [-0.3, -0.25) is 0 Å². The van der Waals surface area contributed by atoms with E-state index in [0.29, 0.717) is 4.90 Å². The lowest BCUT2D eigenvalue weighted by Crippen LogP contribution is -2.01. The molecule has 0 aliphatic heterocycles. The Morgan fingerprint density at radius 2 is 1.55 bits per heavy atom. The molecule has 0 saturated carbocycles. The van der Waals surface area contributed by atoms with Gasteiger partial charge >= 0.3 is 0 Å². The fraction of sp³-hybridized carbons (Fsp3) is 0.250. The second kappa shape index (κ2) is 5.64. The van der Waals surface area contributed by atoms with Crippen molar-refractivity contribution >= 4 is 20.0 Å². The fourth-order valence-electron chi connectivity index (χ4n) is 2.19. The van der Waals surface area contributed by atoms with Crippen LogP contribution in [0.15, 0.2) is 41.3 Å². The Bertz CT molecular complexity index is 747. The van der Waals surface area contributed by atoms with Crippen molar-refractivity contribution in [2.45, 2.75) is 32.1 Å². The van der Waals surface area contributed by atoms with E-state index in [1.54, 1.807) is 12.1 Å². The first kappa shape index (κ1) is 15.2. The fourth-order valence-corrected chi connectivity index (χ4v) is 3.04. The molecule has 1 unspecified atom stereocenters. The molecule has 4 heteroatoms. The molecule has 2 nitrogen and oxygen atoms in total. The van der Waals surface area contributed by atoms with Crippen LogP contribution in [0.2, 0.25) is 0 Å². The summed E-state index contributed by atoms with van der Waals surface area (Å²) in [5.74, 6) is 0. The normalized spacial score (nSPS) is 14.0. The highest BCUT2D eigenvalue weighted by molar-refractivity contribution is 8.29. The Kier molecular flexibility index (Phi) is 4.28. The molecule has 0 amide bonds. The Morgan fingerprint density at radius 3 is 2.15 bits per heavy atom. The van der Waals surface area contributed by atoms with Crippen molar-refractivity contribution in [3.05, 3.63) is 64.2 Å². The second-order valence-electron chi connectivity index (χ2n) is 5.17. The number of rotatable bonds is 3. The molecule has 106 valence electrons. The molecule has 20 heavy (non-hydrogen) atoms. The summed E-state index contributed by atoms with van der Waals surface area (Å²) < 4.78 is 21.1. The third-order valence-electron chi connectivity index (χ3n) is 3.50. The molecule has 0 aliphatic carbocycles. The average Bonchev–Trinajstić information content (AvgIpc) is 2.35. The molecule has 2 aromatic rings. The maximum Gasteiger partial charge on any atom is 0.171 e. The predicted octanol–water partition coefficient (Wildman–Crippen LogP) is 3.78. The van der Waals surface area contributed by atoms with Crippen molar-refractivity contribution in [2.24, 2.45) is 0 Å². The van der Waals surface area contributed by atoms with Crippen LogP contribution in [0.1, 0.15) is 27.8 Å². The minimum absolute atomic E-state index is 0.318. The van der Waals surface area contributed by atoms with Crippen LogP contribution < -0.4 is 0 Å². The molecule has 0 spiro atoms. The molecule has 1 N–H and O–H groups in total. The summed E-state index contributed by atoms with van der Waals surface area (Å²) >= 11 is 4.65. The smallest absolute Gasteiger partial charge is 0.171 e. The van der Waals surface area contributed by atoms with Crippen molar-refractivity contribution in [2.75, 3.05) is 0 Å². The van der Waals surface area contributed by atoms with Gasteiger partial charge in [-0.2, -0.15) is 0 Å². The highest BCUT2D eigenvalue weighted by Crippen LogP contribution is 2.21. The van der Waals surface area contributed by atoms with Crippen molar-refractivity contribution in [1.82, 2.24) is 0 Å². The Labute approximate surface area is 125 Å². The summed E-state index contributed by atoms with van der Waals surface area (Å²) in [4.78, 5) is 0.318. The van der Waals surface area contributed by atoms with Gasteiger partial charge in [-0.05, 0) is 61.6 Å². The summed E-state index contributed by atoms with van der Waals surface area (Å²) in [6, 6.07) is 11.6. The Morgan fingerprint density at radius 1 is 1.00 bits per heavy atom. The molecule has 0 radical (unpaired) electrons. The van der Waals surface area contributed by atoms with Gasteiger partial charge in [-0.15, -0.1) is 0 Å². The van der Waals surface area contributed by atoms with E-state index in [9.17, 15) is 8.76 Å². The molecule has 0 heterocycles. The van der Waals surface area contributed by atoms with Crippen molar-refractivity contribution < 1.29 is 8.76 Å². The lowest BCUT2D eigenvalue weighted by Gasteiger charge is -2.11. The number of benzene rings is 2. The third-order valence-corrected chi connectivity index (χ3v) is 4.93. The van der Waals surface area contributed by atoms with Crippen LogP contribution in [0.3, 0.4) is 0 Å². The largest absolute Gasteiger partial charge is 0.302 e. The van der Waals surface area contributed by atoms with E-state index < -0.39 is 8.77 Å². The van der Waals surface area contributed by atoms with Gasteiger partial charge in [0.05, 0.1) is 4.90 Å². The number of aryl methyl sites for hydroxylation is 3. The summed E-state index contributed by atoms with van der Waals surface area (Å²) in [5.41, 5.74) is 5.83. The van der Waals surface area contributed by atoms with E-state index in [1.807, 2.05) is 13.0 Å². The van der Waals surface area contributed by atoms with Gasteiger partial charge < -0.3 is 4.55 Å². The highest BCUT2D eigenvalue weighted by Gasteiger charge is 2.10. The molecule has 0 fully saturated rings. The van der Waals surface area contributed by atoms with Crippen molar-refractivity contribution in [3.63, 3.8) is 0 Å². The number of hydrogen-bond acceptors (Lipinski definition) is 2. The van der Waals surface area contributed by atoms with Crippen LogP contribution in [0.5, 0.6) is 0 Å². The first-order chi connectivity index (χ1) is 9.27. The monoisotopic (exact) mass is 306 g/mol. The summed E-state index contributed by atoms with van der Waals surface area (Å²) in [6.45, 7) is 6.15. The van der Waals surface area contributed by atoms with Crippen molar-refractivity contribution in [1.29, 1.82) is 0 Å². The van der Waals surface area contributed by atoms with Crippen LogP contribution in [0, 0.1) is 20.8 Å².